The molecule has 144 valence electrons. The van der Waals surface area contributed by atoms with Crippen molar-refractivity contribution < 1.29 is 18.5 Å². The zero-order chi connectivity index (χ0) is 20.3. The molecule has 1 aromatic heterocycles. The maximum absolute atomic E-state index is 13.9. The first kappa shape index (κ1) is 19.5. The van der Waals surface area contributed by atoms with E-state index in [0.29, 0.717) is 10.8 Å². The van der Waals surface area contributed by atoms with Crippen molar-refractivity contribution in [2.45, 2.75) is 19.8 Å². The molecule has 7 nitrogen and oxygen atoms in total. The Morgan fingerprint density at radius 3 is 2.64 bits per heavy atom. The molecule has 3 aromatic rings. The highest BCUT2D eigenvalue weighted by Crippen LogP contribution is 2.22. The molecule has 28 heavy (non-hydrogen) atoms. The number of halogens is 2. The number of hydrogen-bond donors (Lipinski definition) is 2. The fourth-order valence-electron chi connectivity index (χ4n) is 2.46. The number of carbonyl (C=O) groups is 2. The fraction of sp³-hybridized carbons (Fsp3) is 0.158. The number of nitrogens with two attached hydrogens (primary N) is 1. The molecule has 0 aliphatic rings. The number of nitrogens with one attached hydrogen (secondary N) is 1. The number of aromatic nitrogens is 2. The first-order valence-corrected chi connectivity index (χ1v) is 8.69. The molecular weight excluding hydrogens is 387 g/mol. The van der Waals surface area contributed by atoms with Gasteiger partial charge in [-0.3, -0.25) is 9.59 Å². The molecule has 0 aliphatic carbocycles. The summed E-state index contributed by atoms with van der Waals surface area (Å²) in [5.74, 6) is -1.13. The Bertz CT molecular complexity index is 1030. The minimum atomic E-state index is -0.782. The van der Waals surface area contributed by atoms with Crippen molar-refractivity contribution in [2.24, 2.45) is 5.73 Å². The largest absolute Gasteiger partial charge is 0.366 e. The van der Waals surface area contributed by atoms with E-state index in [1.165, 1.54) is 13.0 Å². The van der Waals surface area contributed by atoms with Gasteiger partial charge in [0.05, 0.1) is 0 Å². The normalized spacial score (nSPS) is 10.7. The quantitative estimate of drug-likeness (QED) is 0.655. The Hall–Kier alpha value is -3.26. The Morgan fingerprint density at radius 1 is 1.25 bits per heavy atom. The van der Waals surface area contributed by atoms with Gasteiger partial charge in [-0.2, -0.15) is 4.98 Å². The number of rotatable bonds is 6. The predicted molar refractivity (Wildman–Crippen MR) is 101 cm³/mol. The molecular formula is C19H16ClFN4O3. The van der Waals surface area contributed by atoms with E-state index in [2.05, 4.69) is 15.5 Å². The summed E-state index contributed by atoms with van der Waals surface area (Å²) in [5.41, 5.74) is 6.28. The van der Waals surface area contributed by atoms with Crippen molar-refractivity contribution in [3.63, 3.8) is 0 Å². The molecule has 1 heterocycles. The van der Waals surface area contributed by atoms with E-state index >= 15 is 0 Å². The van der Waals surface area contributed by atoms with E-state index in [9.17, 15) is 14.0 Å². The van der Waals surface area contributed by atoms with Crippen molar-refractivity contribution in [3.8, 4) is 11.4 Å². The highest BCUT2D eigenvalue weighted by Gasteiger charge is 2.14. The Labute approximate surface area is 164 Å². The summed E-state index contributed by atoms with van der Waals surface area (Å²) in [6.07, 6.45) is 0.230. The average Bonchev–Trinajstić information content (AvgIpc) is 3.13. The molecule has 0 unspecified atom stereocenters. The van der Waals surface area contributed by atoms with Gasteiger partial charge in [-0.15, -0.1) is 0 Å². The van der Waals surface area contributed by atoms with Crippen LogP contribution in [0.4, 0.5) is 10.1 Å². The van der Waals surface area contributed by atoms with Crippen LogP contribution >= 0.6 is 11.6 Å². The lowest BCUT2D eigenvalue weighted by molar-refractivity contribution is -0.116. The first-order chi connectivity index (χ1) is 13.3. The summed E-state index contributed by atoms with van der Waals surface area (Å²) in [5, 5.41) is 7.04. The topological polar surface area (TPSA) is 111 Å². The molecule has 0 aliphatic heterocycles. The second-order valence-electron chi connectivity index (χ2n) is 6.06. The van der Waals surface area contributed by atoms with E-state index in [4.69, 9.17) is 21.9 Å². The van der Waals surface area contributed by atoms with Gasteiger partial charge in [-0.05, 0) is 43.3 Å². The number of primary amides is 1. The number of hydrogen-bond acceptors (Lipinski definition) is 5. The lowest BCUT2D eigenvalue weighted by atomic mass is 10.1. The molecule has 0 fully saturated rings. The van der Waals surface area contributed by atoms with Crippen LogP contribution in [0.1, 0.15) is 28.2 Å². The summed E-state index contributed by atoms with van der Waals surface area (Å²) < 4.78 is 19.0. The van der Waals surface area contributed by atoms with Crippen molar-refractivity contribution in [3.05, 3.63) is 64.3 Å². The monoisotopic (exact) mass is 402 g/mol. The summed E-state index contributed by atoms with van der Waals surface area (Å²) in [4.78, 5) is 27.7. The van der Waals surface area contributed by atoms with Crippen LogP contribution < -0.4 is 11.1 Å². The SMILES string of the molecule is Cc1c(F)cc(C(N)=O)cc1NC(=O)CCc1nc(-c2ccc(Cl)cc2)no1. The third kappa shape index (κ3) is 4.52. The van der Waals surface area contributed by atoms with E-state index in [0.717, 1.165) is 11.6 Å². The maximum Gasteiger partial charge on any atom is 0.248 e. The second kappa shape index (κ2) is 8.18. The number of amides is 2. The van der Waals surface area contributed by atoms with E-state index < -0.39 is 17.6 Å². The molecule has 3 rings (SSSR count). The molecule has 0 saturated carbocycles. The standard InChI is InChI=1S/C19H16ClFN4O3/c1-10-14(21)8-12(18(22)27)9-15(10)23-16(26)6-7-17-24-19(25-28-17)11-2-4-13(20)5-3-11/h2-5,8-9H,6-7H2,1H3,(H2,22,27)(H,23,26). The van der Waals surface area contributed by atoms with Gasteiger partial charge in [-0.25, -0.2) is 4.39 Å². The Balaban J connectivity index is 1.64. The molecule has 0 atom stereocenters. The Kier molecular flexibility index (Phi) is 5.70. The van der Waals surface area contributed by atoms with Gasteiger partial charge < -0.3 is 15.6 Å². The second-order valence-corrected chi connectivity index (χ2v) is 6.50. The Morgan fingerprint density at radius 2 is 1.96 bits per heavy atom. The molecule has 0 radical (unpaired) electrons. The van der Waals surface area contributed by atoms with E-state index in [1.807, 2.05) is 0 Å². The minimum absolute atomic E-state index is 0.0251. The smallest absolute Gasteiger partial charge is 0.248 e. The van der Waals surface area contributed by atoms with Crippen LogP contribution in [0, 0.1) is 12.7 Å². The summed E-state index contributed by atoms with van der Waals surface area (Å²) in [6.45, 7) is 1.49. The van der Waals surface area contributed by atoms with E-state index in [-0.39, 0.29) is 35.5 Å². The van der Waals surface area contributed by atoms with Crippen LogP contribution in [-0.2, 0) is 11.2 Å². The van der Waals surface area contributed by atoms with Crippen molar-refractivity contribution in [1.29, 1.82) is 0 Å². The summed E-state index contributed by atoms with van der Waals surface area (Å²) in [6, 6.07) is 9.30. The van der Waals surface area contributed by atoms with Gasteiger partial charge >= 0.3 is 0 Å². The molecule has 9 heteroatoms. The molecule has 2 aromatic carbocycles. The van der Waals surface area contributed by atoms with Crippen LogP contribution in [0.3, 0.4) is 0 Å². The van der Waals surface area contributed by atoms with Gasteiger partial charge in [0.2, 0.25) is 23.5 Å². The molecule has 0 saturated heterocycles. The van der Waals surface area contributed by atoms with Crippen LogP contribution in [0.25, 0.3) is 11.4 Å². The van der Waals surface area contributed by atoms with Crippen molar-refractivity contribution in [1.82, 2.24) is 10.1 Å². The lowest BCUT2D eigenvalue weighted by Crippen LogP contribution is -2.16. The number of carbonyl (C=O) groups excluding carboxylic acids is 2. The fourth-order valence-corrected chi connectivity index (χ4v) is 2.58. The number of benzene rings is 2. The molecule has 0 spiro atoms. The number of nitrogens with zero attached hydrogens (tertiary/aromatic N) is 2. The number of anilines is 1. The third-order valence-electron chi connectivity index (χ3n) is 4.04. The van der Waals surface area contributed by atoms with Gasteiger partial charge in [0.1, 0.15) is 5.82 Å². The summed E-state index contributed by atoms with van der Waals surface area (Å²) >= 11 is 5.85. The van der Waals surface area contributed by atoms with Crippen molar-refractivity contribution >= 4 is 29.1 Å². The highest BCUT2D eigenvalue weighted by molar-refractivity contribution is 6.30. The number of aryl methyl sites for hydroxylation is 1. The molecule has 2 amide bonds. The lowest BCUT2D eigenvalue weighted by Gasteiger charge is -2.10. The van der Waals surface area contributed by atoms with Crippen LogP contribution in [0.2, 0.25) is 5.02 Å². The highest BCUT2D eigenvalue weighted by atomic mass is 35.5. The zero-order valence-corrected chi connectivity index (χ0v) is 15.6. The average molecular weight is 403 g/mol. The minimum Gasteiger partial charge on any atom is -0.366 e. The van der Waals surface area contributed by atoms with Crippen LogP contribution in [-0.4, -0.2) is 22.0 Å². The summed E-state index contributed by atoms with van der Waals surface area (Å²) in [7, 11) is 0. The van der Waals surface area contributed by atoms with Gasteiger partial charge in [0.15, 0.2) is 0 Å². The zero-order valence-electron chi connectivity index (χ0n) is 14.8. The van der Waals surface area contributed by atoms with Gasteiger partial charge in [0.25, 0.3) is 0 Å². The third-order valence-corrected chi connectivity index (χ3v) is 4.29. The molecule has 3 N–H and O–H groups in total. The van der Waals surface area contributed by atoms with Crippen LogP contribution in [0.5, 0.6) is 0 Å². The van der Waals surface area contributed by atoms with Crippen molar-refractivity contribution in [2.75, 3.05) is 5.32 Å². The maximum atomic E-state index is 13.9. The predicted octanol–water partition coefficient (Wildman–Crippen LogP) is 3.51. The van der Waals surface area contributed by atoms with Crippen LogP contribution in [0.15, 0.2) is 40.9 Å². The van der Waals surface area contributed by atoms with E-state index in [1.54, 1.807) is 24.3 Å². The van der Waals surface area contributed by atoms with Gasteiger partial charge in [-0.1, -0.05) is 16.8 Å². The molecule has 0 bridgehead atoms. The first-order valence-electron chi connectivity index (χ1n) is 8.32. The van der Waals surface area contributed by atoms with Gasteiger partial charge in [0, 0.05) is 40.2 Å².